The van der Waals surface area contributed by atoms with Crippen LogP contribution in [0.3, 0.4) is 0 Å². The Morgan fingerprint density at radius 2 is 2.05 bits per heavy atom. The topological polar surface area (TPSA) is 24.5 Å². The van der Waals surface area contributed by atoms with E-state index in [1.165, 1.54) is 38.0 Å². The minimum atomic E-state index is 0.324. The Morgan fingerprint density at radius 1 is 1.32 bits per heavy atom. The van der Waals surface area contributed by atoms with Gasteiger partial charge in [0.05, 0.1) is 0 Å². The molecule has 1 aromatic rings. The Labute approximate surface area is 135 Å². The Kier molecular flexibility index (Phi) is 6.76. The van der Waals surface area contributed by atoms with Crippen LogP contribution in [0.25, 0.3) is 0 Å². The van der Waals surface area contributed by atoms with E-state index in [-0.39, 0.29) is 0 Å². The molecule has 0 aromatic heterocycles. The lowest BCUT2D eigenvalue weighted by Gasteiger charge is -2.33. The number of benzene rings is 1. The van der Waals surface area contributed by atoms with Crippen LogP contribution >= 0.6 is 0 Å². The molecular weight excluding hydrogens is 272 g/mol. The standard InChI is InChI=1S/C19H28N2O/c1-4-13-22-19-8-6-5-7-17(19)14-20-18-9-11-21(12-10-18)15-16(2)3/h1,5-8,16,18,20H,9-15H2,2-3H3. The minimum Gasteiger partial charge on any atom is -0.481 e. The highest BCUT2D eigenvalue weighted by molar-refractivity contribution is 5.33. The monoisotopic (exact) mass is 300 g/mol. The van der Waals surface area contributed by atoms with E-state index in [2.05, 4.69) is 36.1 Å². The third-order valence-electron chi connectivity index (χ3n) is 4.08. The summed E-state index contributed by atoms with van der Waals surface area (Å²) < 4.78 is 5.60. The fraction of sp³-hybridized carbons (Fsp3) is 0.579. The molecule has 3 heteroatoms. The lowest BCUT2D eigenvalue weighted by molar-refractivity contribution is 0.179. The number of nitrogens with zero attached hydrogens (tertiary/aromatic N) is 1. The molecule has 0 amide bonds. The van der Waals surface area contributed by atoms with Gasteiger partial charge in [-0.2, -0.15) is 0 Å². The third-order valence-corrected chi connectivity index (χ3v) is 4.08. The van der Waals surface area contributed by atoms with Gasteiger partial charge in [0, 0.05) is 24.7 Å². The zero-order chi connectivity index (χ0) is 15.8. The predicted molar refractivity (Wildman–Crippen MR) is 91.9 cm³/mol. The molecule has 1 aliphatic rings. The van der Waals surface area contributed by atoms with Gasteiger partial charge in [-0.05, 0) is 37.9 Å². The molecule has 22 heavy (non-hydrogen) atoms. The minimum absolute atomic E-state index is 0.324. The van der Waals surface area contributed by atoms with Crippen molar-refractivity contribution in [3.63, 3.8) is 0 Å². The van der Waals surface area contributed by atoms with Crippen LogP contribution in [0, 0.1) is 18.3 Å². The highest BCUT2D eigenvalue weighted by atomic mass is 16.5. The van der Waals surface area contributed by atoms with Crippen molar-refractivity contribution in [3.8, 4) is 18.1 Å². The molecule has 1 heterocycles. The van der Waals surface area contributed by atoms with E-state index < -0.39 is 0 Å². The fourth-order valence-corrected chi connectivity index (χ4v) is 3.00. The van der Waals surface area contributed by atoms with Crippen LogP contribution in [-0.4, -0.2) is 37.2 Å². The van der Waals surface area contributed by atoms with Crippen molar-refractivity contribution in [2.24, 2.45) is 5.92 Å². The molecule has 0 aliphatic carbocycles. The number of hydrogen-bond donors (Lipinski definition) is 1. The van der Waals surface area contributed by atoms with Crippen molar-refractivity contribution in [2.75, 3.05) is 26.2 Å². The van der Waals surface area contributed by atoms with Crippen LogP contribution in [0.4, 0.5) is 0 Å². The molecule has 0 spiro atoms. The van der Waals surface area contributed by atoms with E-state index in [4.69, 9.17) is 11.2 Å². The Hall–Kier alpha value is -1.50. The van der Waals surface area contributed by atoms with Gasteiger partial charge in [-0.25, -0.2) is 0 Å². The molecule has 120 valence electrons. The molecule has 1 N–H and O–H groups in total. The molecule has 0 saturated carbocycles. The lowest BCUT2D eigenvalue weighted by atomic mass is 10.0. The molecular formula is C19H28N2O. The first-order valence-electron chi connectivity index (χ1n) is 8.29. The Morgan fingerprint density at radius 3 is 2.73 bits per heavy atom. The number of likely N-dealkylation sites (tertiary alicyclic amines) is 1. The van der Waals surface area contributed by atoms with Gasteiger partial charge in [0.25, 0.3) is 0 Å². The van der Waals surface area contributed by atoms with Crippen molar-refractivity contribution in [1.29, 1.82) is 0 Å². The summed E-state index contributed by atoms with van der Waals surface area (Å²) >= 11 is 0. The number of nitrogens with one attached hydrogen (secondary N) is 1. The van der Waals surface area contributed by atoms with Crippen molar-refractivity contribution >= 4 is 0 Å². The maximum absolute atomic E-state index is 5.60. The van der Waals surface area contributed by atoms with Crippen LogP contribution in [-0.2, 0) is 6.54 Å². The summed E-state index contributed by atoms with van der Waals surface area (Å²) in [6.07, 6.45) is 7.71. The van der Waals surface area contributed by atoms with E-state index in [1.807, 2.05) is 18.2 Å². The maximum atomic E-state index is 5.60. The van der Waals surface area contributed by atoms with Crippen LogP contribution < -0.4 is 10.1 Å². The number of piperidine rings is 1. The van der Waals surface area contributed by atoms with E-state index in [1.54, 1.807) is 0 Å². The largest absolute Gasteiger partial charge is 0.481 e. The molecule has 1 saturated heterocycles. The summed E-state index contributed by atoms with van der Waals surface area (Å²) in [7, 11) is 0. The second kappa shape index (κ2) is 8.82. The van der Waals surface area contributed by atoms with E-state index in [0.717, 1.165) is 18.2 Å². The zero-order valence-corrected chi connectivity index (χ0v) is 13.8. The van der Waals surface area contributed by atoms with E-state index in [0.29, 0.717) is 12.6 Å². The van der Waals surface area contributed by atoms with Crippen LogP contribution in [0.2, 0.25) is 0 Å². The smallest absolute Gasteiger partial charge is 0.148 e. The number of para-hydroxylation sites is 1. The molecule has 3 nitrogen and oxygen atoms in total. The summed E-state index contributed by atoms with van der Waals surface area (Å²) in [6.45, 7) is 9.36. The normalized spacial score (nSPS) is 16.6. The molecule has 0 unspecified atom stereocenters. The van der Waals surface area contributed by atoms with Crippen molar-refractivity contribution < 1.29 is 4.74 Å². The number of terminal acetylenes is 1. The number of rotatable bonds is 7. The molecule has 0 bridgehead atoms. The van der Waals surface area contributed by atoms with Gasteiger partial charge in [-0.1, -0.05) is 38.0 Å². The predicted octanol–water partition coefficient (Wildman–Crippen LogP) is 2.91. The number of hydrogen-bond acceptors (Lipinski definition) is 3. The lowest BCUT2D eigenvalue weighted by Crippen LogP contribution is -2.43. The molecule has 0 atom stereocenters. The molecule has 1 aliphatic heterocycles. The Balaban J connectivity index is 1.78. The average molecular weight is 300 g/mol. The summed E-state index contributed by atoms with van der Waals surface area (Å²) in [5, 5.41) is 3.67. The van der Waals surface area contributed by atoms with Gasteiger partial charge in [-0.15, -0.1) is 6.42 Å². The SMILES string of the molecule is C#CCOc1ccccc1CNC1CCN(CC(C)C)CC1. The number of ether oxygens (including phenoxy) is 1. The van der Waals surface area contributed by atoms with Gasteiger partial charge in [0.15, 0.2) is 0 Å². The first kappa shape index (κ1) is 16.9. The zero-order valence-electron chi connectivity index (χ0n) is 13.8. The highest BCUT2D eigenvalue weighted by Gasteiger charge is 2.19. The van der Waals surface area contributed by atoms with Gasteiger partial charge in [0.1, 0.15) is 12.4 Å². The van der Waals surface area contributed by atoms with Crippen LogP contribution in [0.1, 0.15) is 32.3 Å². The second-order valence-electron chi connectivity index (χ2n) is 6.45. The quantitative estimate of drug-likeness (QED) is 0.784. The molecule has 1 fully saturated rings. The van der Waals surface area contributed by atoms with Gasteiger partial charge < -0.3 is 15.0 Å². The van der Waals surface area contributed by atoms with Gasteiger partial charge in [-0.3, -0.25) is 0 Å². The summed E-state index contributed by atoms with van der Waals surface area (Å²) in [4.78, 5) is 2.58. The first-order chi connectivity index (χ1) is 10.7. The summed E-state index contributed by atoms with van der Waals surface area (Å²) in [6, 6.07) is 8.72. The fourth-order valence-electron chi connectivity index (χ4n) is 3.00. The molecule has 1 aromatic carbocycles. The van der Waals surface area contributed by atoms with E-state index >= 15 is 0 Å². The van der Waals surface area contributed by atoms with Gasteiger partial charge >= 0.3 is 0 Å². The van der Waals surface area contributed by atoms with Gasteiger partial charge in [0.2, 0.25) is 0 Å². The maximum Gasteiger partial charge on any atom is 0.148 e. The molecule has 2 rings (SSSR count). The second-order valence-corrected chi connectivity index (χ2v) is 6.45. The molecule has 0 radical (unpaired) electrons. The summed E-state index contributed by atoms with van der Waals surface area (Å²) in [5.41, 5.74) is 1.18. The highest BCUT2D eigenvalue weighted by Crippen LogP contribution is 2.19. The van der Waals surface area contributed by atoms with Crippen LogP contribution in [0.15, 0.2) is 24.3 Å². The summed E-state index contributed by atoms with van der Waals surface area (Å²) in [5.74, 6) is 4.17. The Bertz CT molecular complexity index is 484. The van der Waals surface area contributed by atoms with Crippen molar-refractivity contribution in [1.82, 2.24) is 10.2 Å². The average Bonchev–Trinajstić information content (AvgIpc) is 2.52. The first-order valence-corrected chi connectivity index (χ1v) is 8.29. The van der Waals surface area contributed by atoms with Crippen molar-refractivity contribution in [2.45, 2.75) is 39.3 Å². The van der Waals surface area contributed by atoms with Crippen LogP contribution in [0.5, 0.6) is 5.75 Å². The van der Waals surface area contributed by atoms with E-state index in [9.17, 15) is 0 Å². The van der Waals surface area contributed by atoms with Crippen molar-refractivity contribution in [3.05, 3.63) is 29.8 Å². The third kappa shape index (κ3) is 5.36.